The van der Waals surface area contributed by atoms with Crippen LogP contribution in [0.3, 0.4) is 0 Å². The second kappa shape index (κ2) is 6.28. The second-order valence-electron chi connectivity index (χ2n) is 5.14. The number of anilines is 2. The summed E-state index contributed by atoms with van der Waals surface area (Å²) in [5.41, 5.74) is 10.3. The van der Waals surface area contributed by atoms with Gasteiger partial charge in [-0.15, -0.1) is 0 Å². The van der Waals surface area contributed by atoms with Gasteiger partial charge in [-0.3, -0.25) is 0 Å². The molecule has 0 aliphatic rings. The fourth-order valence-electron chi connectivity index (χ4n) is 2.15. The minimum Gasteiger partial charge on any atom is -0.399 e. The van der Waals surface area contributed by atoms with Crippen molar-refractivity contribution in [1.29, 1.82) is 0 Å². The summed E-state index contributed by atoms with van der Waals surface area (Å²) < 4.78 is 0. The van der Waals surface area contributed by atoms with Gasteiger partial charge >= 0.3 is 0 Å². The average molecular weight is 254 g/mol. The highest BCUT2D eigenvalue weighted by atomic mass is 14.9. The largest absolute Gasteiger partial charge is 0.399 e. The lowest BCUT2D eigenvalue weighted by Crippen LogP contribution is -2.16. The maximum atomic E-state index is 5.83. The Hall–Kier alpha value is -1.96. The summed E-state index contributed by atoms with van der Waals surface area (Å²) in [6.45, 7) is 4.25. The Bertz CT molecular complexity index is 520. The number of nitrogen functional groups attached to an aromatic ring is 1. The Kier molecular flexibility index (Phi) is 4.45. The van der Waals surface area contributed by atoms with Crippen molar-refractivity contribution in [2.75, 3.05) is 11.1 Å². The van der Waals surface area contributed by atoms with Crippen molar-refractivity contribution in [3.8, 4) is 0 Å². The predicted octanol–water partition coefficient (Wildman–Crippen LogP) is 4.01. The SMILES string of the molecule is Cc1cc(NC(C)CCc2ccccc2)ccc1N. The van der Waals surface area contributed by atoms with Crippen LogP contribution in [-0.2, 0) is 6.42 Å². The molecule has 100 valence electrons. The molecule has 2 aromatic carbocycles. The van der Waals surface area contributed by atoms with Gasteiger partial charge in [0.05, 0.1) is 0 Å². The standard InChI is InChI=1S/C17H22N2/c1-13-12-16(10-11-17(13)18)19-14(2)8-9-15-6-4-3-5-7-15/h3-7,10-12,14,19H,8-9,18H2,1-2H3. The fourth-order valence-corrected chi connectivity index (χ4v) is 2.15. The summed E-state index contributed by atoms with van der Waals surface area (Å²) in [4.78, 5) is 0. The zero-order valence-corrected chi connectivity index (χ0v) is 11.7. The molecule has 0 aliphatic heterocycles. The highest BCUT2D eigenvalue weighted by Crippen LogP contribution is 2.18. The van der Waals surface area contributed by atoms with E-state index in [1.54, 1.807) is 0 Å². The number of rotatable bonds is 5. The number of nitrogens with two attached hydrogens (primary N) is 1. The predicted molar refractivity (Wildman–Crippen MR) is 83.4 cm³/mol. The van der Waals surface area contributed by atoms with Gasteiger partial charge in [0.2, 0.25) is 0 Å². The molecule has 2 rings (SSSR count). The average Bonchev–Trinajstić information content (AvgIpc) is 2.42. The van der Waals surface area contributed by atoms with Crippen LogP contribution in [0.2, 0.25) is 0 Å². The summed E-state index contributed by atoms with van der Waals surface area (Å²) in [6.07, 6.45) is 2.22. The topological polar surface area (TPSA) is 38.0 Å². The molecule has 2 nitrogen and oxygen atoms in total. The lowest BCUT2D eigenvalue weighted by atomic mass is 10.1. The summed E-state index contributed by atoms with van der Waals surface area (Å²) in [5, 5.41) is 3.52. The van der Waals surface area contributed by atoms with Crippen LogP contribution in [0.15, 0.2) is 48.5 Å². The van der Waals surface area contributed by atoms with E-state index in [2.05, 4.69) is 48.6 Å². The molecule has 0 radical (unpaired) electrons. The third-order valence-electron chi connectivity index (χ3n) is 3.39. The lowest BCUT2D eigenvalue weighted by Gasteiger charge is -2.16. The maximum Gasteiger partial charge on any atom is 0.0346 e. The third kappa shape index (κ3) is 4.02. The molecule has 0 bridgehead atoms. The molecule has 0 spiro atoms. The van der Waals surface area contributed by atoms with Crippen molar-refractivity contribution in [3.05, 3.63) is 59.7 Å². The minimum atomic E-state index is 0.447. The molecular weight excluding hydrogens is 232 g/mol. The molecule has 0 saturated carbocycles. The maximum absolute atomic E-state index is 5.83. The molecule has 0 fully saturated rings. The van der Waals surface area contributed by atoms with E-state index in [4.69, 9.17) is 5.73 Å². The van der Waals surface area contributed by atoms with Crippen LogP contribution in [0.25, 0.3) is 0 Å². The Morgan fingerprint density at radius 2 is 1.84 bits per heavy atom. The monoisotopic (exact) mass is 254 g/mol. The van der Waals surface area contributed by atoms with Gasteiger partial charge in [0.1, 0.15) is 0 Å². The van der Waals surface area contributed by atoms with E-state index in [0.29, 0.717) is 6.04 Å². The van der Waals surface area contributed by atoms with Crippen molar-refractivity contribution < 1.29 is 0 Å². The molecule has 1 atom stereocenters. The van der Waals surface area contributed by atoms with Crippen LogP contribution in [0, 0.1) is 6.92 Å². The Labute approximate surface area is 115 Å². The van der Waals surface area contributed by atoms with E-state index >= 15 is 0 Å². The molecule has 0 aliphatic carbocycles. The van der Waals surface area contributed by atoms with Gasteiger partial charge in [0.15, 0.2) is 0 Å². The van der Waals surface area contributed by atoms with Crippen molar-refractivity contribution in [2.45, 2.75) is 32.7 Å². The molecule has 2 heteroatoms. The first-order valence-electron chi connectivity index (χ1n) is 6.82. The van der Waals surface area contributed by atoms with E-state index < -0.39 is 0 Å². The summed E-state index contributed by atoms with van der Waals surface area (Å²) in [6, 6.07) is 17.2. The van der Waals surface area contributed by atoms with Crippen LogP contribution in [0.4, 0.5) is 11.4 Å². The normalized spacial score (nSPS) is 12.1. The van der Waals surface area contributed by atoms with Crippen LogP contribution >= 0.6 is 0 Å². The van der Waals surface area contributed by atoms with Crippen LogP contribution in [-0.4, -0.2) is 6.04 Å². The van der Waals surface area contributed by atoms with E-state index in [1.807, 2.05) is 19.1 Å². The summed E-state index contributed by atoms with van der Waals surface area (Å²) in [7, 11) is 0. The minimum absolute atomic E-state index is 0.447. The van der Waals surface area contributed by atoms with Crippen LogP contribution < -0.4 is 11.1 Å². The summed E-state index contributed by atoms with van der Waals surface area (Å²) in [5.74, 6) is 0. The zero-order valence-electron chi connectivity index (χ0n) is 11.7. The molecule has 0 heterocycles. The van der Waals surface area contributed by atoms with Gasteiger partial charge in [-0.1, -0.05) is 30.3 Å². The Morgan fingerprint density at radius 3 is 2.53 bits per heavy atom. The molecule has 19 heavy (non-hydrogen) atoms. The quantitative estimate of drug-likeness (QED) is 0.791. The van der Waals surface area contributed by atoms with Gasteiger partial charge < -0.3 is 11.1 Å². The van der Waals surface area contributed by atoms with Gasteiger partial charge in [-0.25, -0.2) is 0 Å². The van der Waals surface area contributed by atoms with E-state index in [9.17, 15) is 0 Å². The number of hydrogen-bond acceptors (Lipinski definition) is 2. The first kappa shape index (κ1) is 13.5. The van der Waals surface area contributed by atoms with E-state index in [1.165, 1.54) is 5.56 Å². The zero-order chi connectivity index (χ0) is 13.7. The third-order valence-corrected chi connectivity index (χ3v) is 3.39. The molecular formula is C17H22N2. The lowest BCUT2D eigenvalue weighted by molar-refractivity contribution is 0.706. The number of nitrogens with one attached hydrogen (secondary N) is 1. The van der Waals surface area contributed by atoms with Gasteiger partial charge in [0, 0.05) is 17.4 Å². The van der Waals surface area contributed by atoms with Gasteiger partial charge in [-0.2, -0.15) is 0 Å². The number of aryl methyl sites for hydroxylation is 2. The molecule has 0 saturated heterocycles. The molecule has 0 amide bonds. The molecule has 3 N–H and O–H groups in total. The molecule has 2 aromatic rings. The molecule has 0 aromatic heterocycles. The fraction of sp³-hybridized carbons (Fsp3) is 0.294. The Morgan fingerprint density at radius 1 is 1.11 bits per heavy atom. The van der Waals surface area contributed by atoms with Crippen LogP contribution in [0.1, 0.15) is 24.5 Å². The number of benzene rings is 2. The van der Waals surface area contributed by atoms with Gasteiger partial charge in [-0.05, 0) is 56.0 Å². The summed E-state index contributed by atoms with van der Waals surface area (Å²) >= 11 is 0. The van der Waals surface area contributed by atoms with Crippen molar-refractivity contribution in [2.24, 2.45) is 0 Å². The highest BCUT2D eigenvalue weighted by Gasteiger charge is 2.03. The van der Waals surface area contributed by atoms with E-state index in [-0.39, 0.29) is 0 Å². The molecule has 1 unspecified atom stereocenters. The number of hydrogen-bond donors (Lipinski definition) is 2. The van der Waals surface area contributed by atoms with Crippen LogP contribution in [0.5, 0.6) is 0 Å². The Balaban J connectivity index is 1.87. The van der Waals surface area contributed by atoms with Crippen molar-refractivity contribution in [1.82, 2.24) is 0 Å². The smallest absolute Gasteiger partial charge is 0.0346 e. The van der Waals surface area contributed by atoms with E-state index in [0.717, 1.165) is 29.8 Å². The second-order valence-corrected chi connectivity index (χ2v) is 5.14. The first-order valence-corrected chi connectivity index (χ1v) is 6.82. The van der Waals surface area contributed by atoms with Crippen molar-refractivity contribution >= 4 is 11.4 Å². The van der Waals surface area contributed by atoms with Crippen molar-refractivity contribution in [3.63, 3.8) is 0 Å². The first-order chi connectivity index (χ1) is 9.15. The highest BCUT2D eigenvalue weighted by molar-refractivity contribution is 5.56. The van der Waals surface area contributed by atoms with Gasteiger partial charge in [0.25, 0.3) is 0 Å².